The zero-order chi connectivity index (χ0) is 25.4. The van der Waals surface area contributed by atoms with Crippen LogP contribution in [0, 0.1) is 0 Å². The summed E-state index contributed by atoms with van der Waals surface area (Å²) in [5.41, 5.74) is 2.41. The fraction of sp³-hybridized carbons (Fsp3) is 0.400. The lowest BCUT2D eigenvalue weighted by atomic mass is 10.2. The molecular formula is C25H32N4O5S. The summed E-state index contributed by atoms with van der Waals surface area (Å²) in [5, 5.41) is 11.0. The predicted octanol–water partition coefficient (Wildman–Crippen LogP) is 5.12. The number of benzene rings is 2. The first kappa shape index (κ1) is 26.2. The van der Waals surface area contributed by atoms with Gasteiger partial charge in [0.05, 0.1) is 25.1 Å². The van der Waals surface area contributed by atoms with Crippen molar-refractivity contribution in [3.8, 4) is 28.7 Å². The Morgan fingerprint density at radius 3 is 2.14 bits per heavy atom. The van der Waals surface area contributed by atoms with Gasteiger partial charge in [-0.3, -0.25) is 4.79 Å². The topological polar surface area (TPSA) is 99.0 Å². The van der Waals surface area contributed by atoms with E-state index in [4.69, 9.17) is 18.6 Å². The minimum absolute atomic E-state index is 0.161. The second-order valence-electron chi connectivity index (χ2n) is 7.66. The van der Waals surface area contributed by atoms with E-state index in [1.807, 2.05) is 64.0 Å². The van der Waals surface area contributed by atoms with Crippen LogP contribution in [0.3, 0.4) is 0 Å². The van der Waals surface area contributed by atoms with Gasteiger partial charge in [0.15, 0.2) is 11.5 Å². The predicted molar refractivity (Wildman–Crippen MR) is 138 cm³/mol. The Bertz CT molecular complexity index is 1090. The number of ether oxygens (including phenoxy) is 3. The summed E-state index contributed by atoms with van der Waals surface area (Å²) in [4.78, 5) is 14.7. The van der Waals surface area contributed by atoms with Crippen molar-refractivity contribution < 1.29 is 23.4 Å². The van der Waals surface area contributed by atoms with Crippen LogP contribution in [-0.2, 0) is 4.79 Å². The first-order valence-corrected chi connectivity index (χ1v) is 12.4. The van der Waals surface area contributed by atoms with Gasteiger partial charge in [-0.15, -0.1) is 10.2 Å². The Hall–Kier alpha value is -3.40. The highest BCUT2D eigenvalue weighted by molar-refractivity contribution is 8.00. The number of carbonyl (C=O) groups is 1. The fourth-order valence-electron chi connectivity index (χ4n) is 3.18. The molecule has 9 nitrogen and oxygen atoms in total. The monoisotopic (exact) mass is 500 g/mol. The summed E-state index contributed by atoms with van der Waals surface area (Å²) in [7, 11) is 3.93. The Morgan fingerprint density at radius 2 is 1.60 bits per heavy atom. The summed E-state index contributed by atoms with van der Waals surface area (Å²) >= 11 is 1.19. The van der Waals surface area contributed by atoms with Crippen molar-refractivity contribution in [1.29, 1.82) is 0 Å². The van der Waals surface area contributed by atoms with E-state index in [-0.39, 0.29) is 11.1 Å². The first-order chi connectivity index (χ1) is 16.9. The van der Waals surface area contributed by atoms with Crippen LogP contribution in [0.25, 0.3) is 11.5 Å². The van der Waals surface area contributed by atoms with Crippen LogP contribution in [0.5, 0.6) is 17.2 Å². The van der Waals surface area contributed by atoms with Gasteiger partial charge in [-0.2, -0.15) is 0 Å². The quantitative estimate of drug-likeness (QED) is 0.340. The van der Waals surface area contributed by atoms with Crippen molar-refractivity contribution in [3.63, 3.8) is 0 Å². The van der Waals surface area contributed by atoms with Gasteiger partial charge in [-0.1, -0.05) is 11.8 Å². The van der Waals surface area contributed by atoms with E-state index in [1.54, 1.807) is 19.1 Å². The third-order valence-corrected chi connectivity index (χ3v) is 5.79. The van der Waals surface area contributed by atoms with E-state index in [1.165, 1.54) is 11.8 Å². The van der Waals surface area contributed by atoms with Gasteiger partial charge in [0.25, 0.3) is 5.22 Å². The fourth-order valence-corrected chi connectivity index (χ4v) is 3.86. The standard InChI is InChI=1S/C25H32N4O5S/c1-7-31-20-14-17(15-21(32-8-2)22(20)33-9-3)24-27-28-25(34-24)35-16(4)23(30)26-18-10-12-19(13-11-18)29(5)6/h10-16H,7-9H2,1-6H3,(H,26,30)/t16-/m1/s1. The van der Waals surface area contributed by atoms with Gasteiger partial charge < -0.3 is 28.8 Å². The number of rotatable bonds is 12. The van der Waals surface area contributed by atoms with E-state index >= 15 is 0 Å². The van der Waals surface area contributed by atoms with Crippen molar-refractivity contribution in [2.24, 2.45) is 0 Å². The molecule has 0 spiro atoms. The number of anilines is 2. The molecule has 0 radical (unpaired) electrons. The molecule has 0 unspecified atom stereocenters. The summed E-state index contributed by atoms with van der Waals surface area (Å²) in [5.74, 6) is 1.75. The van der Waals surface area contributed by atoms with Gasteiger partial charge in [0.1, 0.15) is 0 Å². The van der Waals surface area contributed by atoms with Gasteiger partial charge in [-0.25, -0.2) is 0 Å². The molecule has 0 aliphatic carbocycles. The molecule has 1 atom stereocenters. The van der Waals surface area contributed by atoms with Crippen LogP contribution >= 0.6 is 11.8 Å². The van der Waals surface area contributed by atoms with Crippen molar-refractivity contribution in [2.45, 2.75) is 38.2 Å². The average molecular weight is 501 g/mol. The summed E-state index contributed by atoms with van der Waals surface area (Å²) < 4.78 is 23.1. The molecular weight excluding hydrogens is 468 g/mol. The lowest BCUT2D eigenvalue weighted by Gasteiger charge is -2.16. The Kier molecular flexibility index (Phi) is 9.25. The average Bonchev–Trinajstić information content (AvgIpc) is 3.30. The van der Waals surface area contributed by atoms with Crippen molar-refractivity contribution in [2.75, 3.05) is 44.1 Å². The SMILES string of the molecule is CCOc1cc(-c2nnc(S[C@H](C)C(=O)Nc3ccc(N(C)C)cc3)o2)cc(OCC)c1OCC. The summed E-state index contributed by atoms with van der Waals surface area (Å²) in [6, 6.07) is 11.2. The molecule has 35 heavy (non-hydrogen) atoms. The van der Waals surface area contributed by atoms with E-state index < -0.39 is 5.25 Å². The molecule has 0 aliphatic heterocycles. The molecule has 0 saturated heterocycles. The van der Waals surface area contributed by atoms with Gasteiger partial charge in [0, 0.05) is 31.0 Å². The van der Waals surface area contributed by atoms with Gasteiger partial charge >= 0.3 is 0 Å². The van der Waals surface area contributed by atoms with Crippen LogP contribution in [0.4, 0.5) is 11.4 Å². The van der Waals surface area contributed by atoms with Gasteiger partial charge in [-0.05, 0) is 64.1 Å². The number of hydrogen-bond acceptors (Lipinski definition) is 9. The molecule has 0 fully saturated rings. The smallest absolute Gasteiger partial charge is 0.277 e. The number of amides is 1. The maximum absolute atomic E-state index is 12.7. The molecule has 3 rings (SSSR count). The number of nitrogens with one attached hydrogen (secondary N) is 1. The number of thioether (sulfide) groups is 1. The molecule has 0 saturated carbocycles. The van der Waals surface area contributed by atoms with Crippen LogP contribution in [0.15, 0.2) is 46.0 Å². The molecule has 1 aromatic heterocycles. The second kappa shape index (κ2) is 12.3. The second-order valence-corrected chi connectivity index (χ2v) is 8.96. The number of hydrogen-bond donors (Lipinski definition) is 1. The Morgan fingerprint density at radius 1 is 1.00 bits per heavy atom. The van der Waals surface area contributed by atoms with E-state index in [9.17, 15) is 4.79 Å². The van der Waals surface area contributed by atoms with E-state index in [0.29, 0.717) is 48.5 Å². The normalized spacial score (nSPS) is 11.6. The van der Waals surface area contributed by atoms with Gasteiger partial charge in [0.2, 0.25) is 17.5 Å². The molecule has 1 amide bonds. The number of carbonyl (C=O) groups excluding carboxylic acids is 1. The molecule has 0 aliphatic rings. The maximum atomic E-state index is 12.7. The molecule has 1 N–H and O–H groups in total. The highest BCUT2D eigenvalue weighted by Gasteiger charge is 2.21. The van der Waals surface area contributed by atoms with Crippen LogP contribution in [0.2, 0.25) is 0 Å². The van der Waals surface area contributed by atoms with Crippen molar-refractivity contribution in [1.82, 2.24) is 10.2 Å². The van der Waals surface area contributed by atoms with Crippen molar-refractivity contribution in [3.05, 3.63) is 36.4 Å². The summed E-state index contributed by atoms with van der Waals surface area (Å²) in [6.45, 7) is 8.88. The zero-order valence-corrected chi connectivity index (χ0v) is 21.8. The van der Waals surface area contributed by atoms with E-state index in [0.717, 1.165) is 11.4 Å². The molecule has 3 aromatic rings. The highest BCUT2D eigenvalue weighted by atomic mass is 32.2. The number of nitrogens with zero attached hydrogens (tertiary/aromatic N) is 3. The third kappa shape index (κ3) is 6.82. The lowest BCUT2D eigenvalue weighted by Crippen LogP contribution is -2.22. The van der Waals surface area contributed by atoms with Crippen molar-refractivity contribution >= 4 is 29.0 Å². The van der Waals surface area contributed by atoms with E-state index in [2.05, 4.69) is 15.5 Å². The molecule has 188 valence electrons. The maximum Gasteiger partial charge on any atom is 0.277 e. The number of aromatic nitrogens is 2. The summed E-state index contributed by atoms with van der Waals surface area (Å²) in [6.07, 6.45) is 0. The largest absolute Gasteiger partial charge is 0.490 e. The zero-order valence-electron chi connectivity index (χ0n) is 21.0. The molecule has 2 aromatic carbocycles. The molecule has 10 heteroatoms. The van der Waals surface area contributed by atoms with Crippen LogP contribution in [0.1, 0.15) is 27.7 Å². The van der Waals surface area contributed by atoms with Crippen LogP contribution in [-0.4, -0.2) is 55.3 Å². The van der Waals surface area contributed by atoms with Crippen LogP contribution < -0.4 is 24.4 Å². The first-order valence-electron chi connectivity index (χ1n) is 11.5. The highest BCUT2D eigenvalue weighted by Crippen LogP contribution is 2.42. The minimum atomic E-state index is -0.449. The molecule has 0 bridgehead atoms. The minimum Gasteiger partial charge on any atom is -0.490 e. The Labute approximate surface area is 210 Å². The Balaban J connectivity index is 1.73. The third-order valence-electron chi connectivity index (χ3n) is 4.86. The molecule has 1 heterocycles. The lowest BCUT2D eigenvalue weighted by molar-refractivity contribution is -0.115.